The van der Waals surface area contributed by atoms with E-state index in [1.54, 1.807) is 23.6 Å². The molecule has 1 N–H and O–H groups in total. The Labute approximate surface area is 125 Å². The zero-order chi connectivity index (χ0) is 14.8. The predicted octanol–water partition coefficient (Wildman–Crippen LogP) is 4.38. The molecule has 0 amide bonds. The number of hydrogen-bond acceptors (Lipinski definition) is 5. The number of para-hydroxylation sites is 1. The fourth-order valence-electron chi connectivity index (χ4n) is 2.28. The molecule has 2 heterocycles. The number of pyridine rings is 1. The Morgan fingerprint density at radius 1 is 1.29 bits per heavy atom. The molecule has 1 atom stereocenters. The minimum absolute atomic E-state index is 0.0277. The summed E-state index contributed by atoms with van der Waals surface area (Å²) in [5.74, 6) is 0. The smallest absolute Gasteiger partial charge is 0.295 e. The Morgan fingerprint density at radius 2 is 2.14 bits per heavy atom. The Balaban J connectivity index is 2.03. The van der Waals surface area contributed by atoms with Gasteiger partial charge in [0.25, 0.3) is 5.69 Å². The topological polar surface area (TPSA) is 68.1 Å². The van der Waals surface area contributed by atoms with E-state index in [1.165, 1.54) is 10.9 Å². The van der Waals surface area contributed by atoms with E-state index in [-0.39, 0.29) is 11.7 Å². The summed E-state index contributed by atoms with van der Waals surface area (Å²) >= 11 is 1.68. The Kier molecular flexibility index (Phi) is 3.53. The summed E-state index contributed by atoms with van der Waals surface area (Å²) in [6, 6.07) is 11.1. The monoisotopic (exact) mass is 299 g/mol. The second-order valence-electron chi connectivity index (χ2n) is 4.67. The van der Waals surface area contributed by atoms with E-state index in [0.717, 1.165) is 11.1 Å². The van der Waals surface area contributed by atoms with Gasteiger partial charge in [-0.25, -0.2) is 4.98 Å². The minimum atomic E-state index is -0.401. The molecule has 1 aromatic carbocycles. The Hall–Kier alpha value is -2.47. The highest BCUT2D eigenvalue weighted by Gasteiger charge is 2.15. The summed E-state index contributed by atoms with van der Waals surface area (Å²) in [7, 11) is 0. The lowest BCUT2D eigenvalue weighted by Gasteiger charge is -2.15. The highest BCUT2D eigenvalue weighted by atomic mass is 32.1. The van der Waals surface area contributed by atoms with Crippen LogP contribution in [0.4, 0.5) is 11.4 Å². The molecule has 0 aliphatic rings. The van der Waals surface area contributed by atoms with Crippen LogP contribution >= 0.6 is 11.3 Å². The average molecular weight is 299 g/mol. The van der Waals surface area contributed by atoms with Crippen LogP contribution in [-0.2, 0) is 0 Å². The van der Waals surface area contributed by atoms with E-state index in [9.17, 15) is 10.1 Å². The number of anilines is 1. The molecule has 0 spiro atoms. The summed E-state index contributed by atoms with van der Waals surface area (Å²) in [4.78, 5) is 16.0. The molecule has 0 fully saturated rings. The average Bonchev–Trinajstić information content (AvgIpc) is 3.01. The summed E-state index contributed by atoms with van der Waals surface area (Å²) < 4.78 is 0. The molecule has 0 saturated carbocycles. The molecule has 3 aromatic rings. The standard InChI is InChI=1S/C15H13N3O2S/c1-10(14-6-3-9-21-14)17-12-7-8-16-15-11(12)4-2-5-13(15)18(19)20/h2-10H,1H3,(H,16,17). The fourth-order valence-corrected chi connectivity index (χ4v) is 3.01. The van der Waals surface area contributed by atoms with E-state index in [2.05, 4.69) is 23.3 Å². The number of aromatic nitrogens is 1. The van der Waals surface area contributed by atoms with Crippen molar-refractivity contribution in [3.63, 3.8) is 0 Å². The first-order valence-electron chi connectivity index (χ1n) is 6.49. The summed E-state index contributed by atoms with van der Waals surface area (Å²) in [5, 5.41) is 17.3. The van der Waals surface area contributed by atoms with Gasteiger partial charge in [0.05, 0.1) is 11.0 Å². The first kappa shape index (κ1) is 13.5. The van der Waals surface area contributed by atoms with Crippen LogP contribution in [-0.4, -0.2) is 9.91 Å². The quantitative estimate of drug-likeness (QED) is 0.573. The first-order valence-corrected chi connectivity index (χ1v) is 7.37. The van der Waals surface area contributed by atoms with Crippen LogP contribution in [0.15, 0.2) is 48.0 Å². The van der Waals surface area contributed by atoms with E-state index in [1.807, 2.05) is 23.6 Å². The molecule has 0 bridgehead atoms. The molecule has 2 aromatic heterocycles. The van der Waals surface area contributed by atoms with Crippen molar-refractivity contribution in [1.82, 2.24) is 4.98 Å². The third kappa shape index (κ3) is 2.57. The predicted molar refractivity (Wildman–Crippen MR) is 84.8 cm³/mol. The lowest BCUT2D eigenvalue weighted by Crippen LogP contribution is -2.05. The van der Waals surface area contributed by atoms with Gasteiger partial charge in [-0.3, -0.25) is 10.1 Å². The van der Waals surface area contributed by atoms with E-state index in [0.29, 0.717) is 5.52 Å². The van der Waals surface area contributed by atoms with Gasteiger partial charge >= 0.3 is 0 Å². The second kappa shape index (κ2) is 5.49. The molecule has 0 aliphatic heterocycles. The number of thiophene rings is 1. The summed E-state index contributed by atoms with van der Waals surface area (Å²) in [6.45, 7) is 2.06. The number of nitrogens with one attached hydrogen (secondary N) is 1. The highest BCUT2D eigenvalue weighted by molar-refractivity contribution is 7.10. The SMILES string of the molecule is CC(Nc1ccnc2c([N+](=O)[O-])cccc12)c1cccs1. The number of benzene rings is 1. The molecule has 5 nitrogen and oxygen atoms in total. The molecule has 3 rings (SSSR count). The molecular weight excluding hydrogens is 286 g/mol. The van der Waals surface area contributed by atoms with Crippen LogP contribution in [0, 0.1) is 10.1 Å². The maximum absolute atomic E-state index is 11.1. The van der Waals surface area contributed by atoms with Gasteiger partial charge in [-0.1, -0.05) is 18.2 Å². The number of non-ortho nitro benzene ring substituents is 1. The van der Waals surface area contributed by atoms with Crippen molar-refractivity contribution in [3.8, 4) is 0 Å². The van der Waals surface area contributed by atoms with Crippen molar-refractivity contribution >= 4 is 33.6 Å². The van der Waals surface area contributed by atoms with E-state index >= 15 is 0 Å². The van der Waals surface area contributed by atoms with Gasteiger partial charge < -0.3 is 5.32 Å². The third-order valence-corrected chi connectivity index (χ3v) is 4.34. The van der Waals surface area contributed by atoms with Gasteiger partial charge in [-0.2, -0.15) is 0 Å². The van der Waals surface area contributed by atoms with Gasteiger partial charge in [0.15, 0.2) is 0 Å². The zero-order valence-corrected chi connectivity index (χ0v) is 12.1. The molecular formula is C15H13N3O2S. The minimum Gasteiger partial charge on any atom is -0.377 e. The number of fused-ring (bicyclic) bond motifs is 1. The highest BCUT2D eigenvalue weighted by Crippen LogP contribution is 2.31. The molecule has 0 saturated heterocycles. The molecule has 6 heteroatoms. The maximum Gasteiger partial charge on any atom is 0.295 e. The summed E-state index contributed by atoms with van der Waals surface area (Å²) in [6.07, 6.45) is 1.60. The normalized spacial score (nSPS) is 12.2. The lowest BCUT2D eigenvalue weighted by molar-refractivity contribution is -0.383. The Morgan fingerprint density at radius 3 is 2.86 bits per heavy atom. The van der Waals surface area contributed by atoms with Gasteiger partial charge in [-0.05, 0) is 24.4 Å². The van der Waals surface area contributed by atoms with E-state index in [4.69, 9.17) is 0 Å². The number of hydrogen-bond donors (Lipinski definition) is 1. The van der Waals surface area contributed by atoms with Crippen LogP contribution in [0.2, 0.25) is 0 Å². The van der Waals surface area contributed by atoms with Crippen LogP contribution in [0.1, 0.15) is 17.8 Å². The Bertz CT molecular complexity index is 787. The van der Waals surface area contributed by atoms with Crippen molar-refractivity contribution in [2.75, 3.05) is 5.32 Å². The molecule has 106 valence electrons. The molecule has 21 heavy (non-hydrogen) atoms. The van der Waals surface area contributed by atoms with Gasteiger partial charge in [0.1, 0.15) is 5.52 Å². The van der Waals surface area contributed by atoms with Crippen molar-refractivity contribution in [1.29, 1.82) is 0 Å². The first-order chi connectivity index (χ1) is 10.2. The van der Waals surface area contributed by atoms with Crippen molar-refractivity contribution in [2.24, 2.45) is 0 Å². The van der Waals surface area contributed by atoms with Gasteiger partial charge in [0, 0.05) is 28.2 Å². The van der Waals surface area contributed by atoms with Crippen molar-refractivity contribution in [2.45, 2.75) is 13.0 Å². The lowest BCUT2D eigenvalue weighted by atomic mass is 10.1. The van der Waals surface area contributed by atoms with Crippen LogP contribution in [0.5, 0.6) is 0 Å². The fraction of sp³-hybridized carbons (Fsp3) is 0.133. The number of nitro benzene ring substituents is 1. The molecule has 0 aliphatic carbocycles. The molecule has 1 unspecified atom stereocenters. The number of nitro groups is 1. The van der Waals surface area contributed by atoms with Crippen LogP contribution in [0.3, 0.4) is 0 Å². The third-order valence-electron chi connectivity index (χ3n) is 3.29. The number of nitrogens with zero attached hydrogens (tertiary/aromatic N) is 2. The maximum atomic E-state index is 11.1. The zero-order valence-electron chi connectivity index (χ0n) is 11.3. The largest absolute Gasteiger partial charge is 0.377 e. The van der Waals surface area contributed by atoms with Crippen LogP contribution in [0.25, 0.3) is 10.9 Å². The van der Waals surface area contributed by atoms with Gasteiger partial charge in [0.2, 0.25) is 0 Å². The van der Waals surface area contributed by atoms with Crippen LogP contribution < -0.4 is 5.32 Å². The second-order valence-corrected chi connectivity index (χ2v) is 5.65. The van der Waals surface area contributed by atoms with Gasteiger partial charge in [-0.15, -0.1) is 11.3 Å². The van der Waals surface area contributed by atoms with Crippen molar-refractivity contribution in [3.05, 3.63) is 63.0 Å². The molecule has 0 radical (unpaired) electrons. The van der Waals surface area contributed by atoms with Crippen molar-refractivity contribution < 1.29 is 4.92 Å². The summed E-state index contributed by atoms with van der Waals surface area (Å²) in [5.41, 5.74) is 1.29. The van der Waals surface area contributed by atoms with E-state index < -0.39 is 4.92 Å². The number of rotatable bonds is 4.